The summed E-state index contributed by atoms with van der Waals surface area (Å²) in [6.07, 6.45) is 0.326. The van der Waals surface area contributed by atoms with Gasteiger partial charge in [-0.3, -0.25) is 0 Å². The molecule has 112 valence electrons. The Morgan fingerprint density at radius 2 is 1.76 bits per heavy atom. The van der Waals surface area contributed by atoms with Crippen LogP contribution in [0.5, 0.6) is 0 Å². The molecule has 0 aliphatic heterocycles. The number of benzene rings is 2. The molecule has 21 heavy (non-hydrogen) atoms. The topological polar surface area (TPSA) is 32.3 Å². The number of hydrogen-bond acceptors (Lipinski definition) is 2. The highest BCUT2D eigenvalue weighted by Gasteiger charge is 2.09. The van der Waals surface area contributed by atoms with Crippen LogP contribution in [0.4, 0.5) is 4.39 Å². The van der Waals surface area contributed by atoms with Gasteiger partial charge in [0.1, 0.15) is 5.82 Å². The van der Waals surface area contributed by atoms with Crippen molar-refractivity contribution < 1.29 is 9.50 Å². The predicted octanol–water partition coefficient (Wildman–Crippen LogP) is 3.64. The largest absolute Gasteiger partial charge is 0.387 e. The van der Waals surface area contributed by atoms with Gasteiger partial charge in [-0.25, -0.2) is 4.39 Å². The van der Waals surface area contributed by atoms with Gasteiger partial charge >= 0.3 is 0 Å². The van der Waals surface area contributed by atoms with E-state index in [4.69, 9.17) is 0 Å². The first kappa shape index (κ1) is 15.7. The Morgan fingerprint density at radius 3 is 2.48 bits per heavy atom. The van der Waals surface area contributed by atoms with E-state index in [1.54, 1.807) is 12.1 Å². The fourth-order valence-corrected chi connectivity index (χ4v) is 2.34. The smallest absolute Gasteiger partial charge is 0.123 e. The normalized spacial score (nSPS) is 13.9. The molecule has 0 fully saturated rings. The molecule has 0 heterocycles. The summed E-state index contributed by atoms with van der Waals surface area (Å²) >= 11 is 0. The van der Waals surface area contributed by atoms with E-state index in [1.807, 2.05) is 18.2 Å². The highest BCUT2D eigenvalue weighted by Crippen LogP contribution is 2.18. The van der Waals surface area contributed by atoms with Gasteiger partial charge in [0, 0.05) is 6.54 Å². The van der Waals surface area contributed by atoms with Crippen LogP contribution in [-0.2, 0) is 0 Å². The fourth-order valence-electron chi connectivity index (χ4n) is 2.34. The molecule has 2 unspecified atom stereocenters. The Bertz CT molecular complexity index is 544. The van der Waals surface area contributed by atoms with Gasteiger partial charge in [0.05, 0.1) is 6.10 Å². The molecule has 2 atom stereocenters. The molecule has 0 radical (unpaired) electrons. The van der Waals surface area contributed by atoms with Crippen molar-refractivity contribution in [2.24, 2.45) is 0 Å². The van der Waals surface area contributed by atoms with Crippen LogP contribution in [-0.4, -0.2) is 18.2 Å². The van der Waals surface area contributed by atoms with E-state index in [0.29, 0.717) is 18.0 Å². The second-order valence-electron chi connectivity index (χ2n) is 5.38. The molecule has 2 rings (SSSR count). The summed E-state index contributed by atoms with van der Waals surface area (Å²) in [5.41, 5.74) is 1.93. The minimum Gasteiger partial charge on any atom is -0.387 e. The van der Waals surface area contributed by atoms with Gasteiger partial charge in [-0.15, -0.1) is 0 Å². The predicted molar refractivity (Wildman–Crippen MR) is 83.7 cm³/mol. The van der Waals surface area contributed by atoms with Crippen molar-refractivity contribution in [2.45, 2.75) is 25.4 Å². The highest BCUT2D eigenvalue weighted by atomic mass is 19.1. The SMILES string of the molecule is CC(CCNCC(O)c1cccc(F)c1)c1ccccc1. The summed E-state index contributed by atoms with van der Waals surface area (Å²) in [5.74, 6) is 0.161. The molecule has 0 saturated heterocycles. The molecule has 2 aromatic rings. The van der Waals surface area contributed by atoms with Gasteiger partial charge in [-0.1, -0.05) is 49.4 Å². The zero-order valence-corrected chi connectivity index (χ0v) is 12.3. The van der Waals surface area contributed by atoms with Crippen molar-refractivity contribution in [3.8, 4) is 0 Å². The van der Waals surface area contributed by atoms with Crippen molar-refractivity contribution >= 4 is 0 Å². The van der Waals surface area contributed by atoms with Gasteiger partial charge < -0.3 is 10.4 Å². The first-order valence-corrected chi connectivity index (χ1v) is 7.36. The van der Waals surface area contributed by atoms with Crippen LogP contribution in [0.25, 0.3) is 0 Å². The minimum absolute atomic E-state index is 0.316. The molecule has 0 amide bonds. The number of aliphatic hydroxyl groups excluding tert-OH is 1. The van der Waals surface area contributed by atoms with E-state index < -0.39 is 6.10 Å². The Labute approximate surface area is 125 Å². The first-order chi connectivity index (χ1) is 10.2. The molecular formula is C18H22FNO. The molecule has 0 aromatic heterocycles. The molecule has 2 nitrogen and oxygen atoms in total. The summed E-state index contributed by atoms with van der Waals surface area (Å²) in [4.78, 5) is 0. The second kappa shape index (κ2) is 7.91. The summed E-state index contributed by atoms with van der Waals surface area (Å²) in [6.45, 7) is 3.45. The van der Waals surface area contributed by atoms with Gasteiger partial charge in [-0.05, 0) is 42.1 Å². The van der Waals surface area contributed by atoms with Gasteiger partial charge in [0.15, 0.2) is 0 Å². The van der Waals surface area contributed by atoms with Gasteiger partial charge in [0.25, 0.3) is 0 Å². The van der Waals surface area contributed by atoms with E-state index in [0.717, 1.165) is 13.0 Å². The second-order valence-corrected chi connectivity index (χ2v) is 5.38. The van der Waals surface area contributed by atoms with Gasteiger partial charge in [0.2, 0.25) is 0 Å². The summed E-state index contributed by atoms with van der Waals surface area (Å²) in [6, 6.07) is 16.5. The quantitative estimate of drug-likeness (QED) is 0.762. The maximum Gasteiger partial charge on any atom is 0.123 e. The average molecular weight is 287 g/mol. The summed E-state index contributed by atoms with van der Waals surface area (Å²) in [7, 11) is 0. The minimum atomic E-state index is -0.673. The number of halogens is 1. The Morgan fingerprint density at radius 1 is 1.05 bits per heavy atom. The molecule has 0 aliphatic rings. The first-order valence-electron chi connectivity index (χ1n) is 7.36. The molecule has 0 saturated carbocycles. The Balaban J connectivity index is 1.72. The van der Waals surface area contributed by atoms with E-state index >= 15 is 0 Å². The van der Waals surface area contributed by atoms with Crippen molar-refractivity contribution in [1.29, 1.82) is 0 Å². The maximum atomic E-state index is 13.1. The standard InChI is InChI=1S/C18H22FNO/c1-14(15-6-3-2-4-7-15)10-11-20-13-18(21)16-8-5-9-17(19)12-16/h2-9,12,14,18,20-21H,10-11,13H2,1H3. The third kappa shape index (κ3) is 4.96. The van der Waals surface area contributed by atoms with E-state index in [2.05, 4.69) is 24.4 Å². The number of hydrogen-bond donors (Lipinski definition) is 2. The zero-order valence-electron chi connectivity index (χ0n) is 12.3. The van der Waals surface area contributed by atoms with Crippen molar-refractivity contribution in [3.05, 3.63) is 71.5 Å². The summed E-state index contributed by atoms with van der Waals surface area (Å²) < 4.78 is 13.1. The Hall–Kier alpha value is -1.71. The lowest BCUT2D eigenvalue weighted by atomic mass is 9.98. The lowest BCUT2D eigenvalue weighted by Crippen LogP contribution is -2.23. The maximum absolute atomic E-state index is 13.1. The van der Waals surface area contributed by atoms with E-state index in [9.17, 15) is 9.50 Å². The molecule has 0 spiro atoms. The van der Waals surface area contributed by atoms with Crippen LogP contribution in [0.1, 0.15) is 36.5 Å². The van der Waals surface area contributed by atoms with Crippen molar-refractivity contribution in [2.75, 3.05) is 13.1 Å². The molecule has 0 bridgehead atoms. The number of rotatable bonds is 7. The van der Waals surface area contributed by atoms with Crippen LogP contribution in [0, 0.1) is 5.82 Å². The molecule has 2 aromatic carbocycles. The Kier molecular flexibility index (Phi) is 5.90. The molecule has 2 N–H and O–H groups in total. The fraction of sp³-hybridized carbons (Fsp3) is 0.333. The third-order valence-electron chi connectivity index (χ3n) is 3.69. The molecule has 3 heteroatoms. The van der Waals surface area contributed by atoms with E-state index in [1.165, 1.54) is 17.7 Å². The lowest BCUT2D eigenvalue weighted by molar-refractivity contribution is 0.174. The zero-order chi connectivity index (χ0) is 15.1. The van der Waals surface area contributed by atoms with Crippen LogP contribution in [0.15, 0.2) is 54.6 Å². The van der Waals surface area contributed by atoms with Crippen LogP contribution < -0.4 is 5.32 Å². The molecule has 0 aliphatic carbocycles. The molecular weight excluding hydrogens is 265 g/mol. The van der Waals surface area contributed by atoms with Crippen molar-refractivity contribution in [1.82, 2.24) is 5.32 Å². The van der Waals surface area contributed by atoms with E-state index in [-0.39, 0.29) is 5.82 Å². The van der Waals surface area contributed by atoms with Crippen LogP contribution in [0.2, 0.25) is 0 Å². The third-order valence-corrected chi connectivity index (χ3v) is 3.69. The number of nitrogens with one attached hydrogen (secondary N) is 1. The average Bonchev–Trinajstić information content (AvgIpc) is 2.52. The van der Waals surface area contributed by atoms with Gasteiger partial charge in [-0.2, -0.15) is 0 Å². The number of aliphatic hydroxyl groups is 1. The monoisotopic (exact) mass is 287 g/mol. The van der Waals surface area contributed by atoms with Crippen LogP contribution in [0.3, 0.4) is 0 Å². The van der Waals surface area contributed by atoms with Crippen molar-refractivity contribution in [3.63, 3.8) is 0 Å². The highest BCUT2D eigenvalue weighted by molar-refractivity contribution is 5.19. The lowest BCUT2D eigenvalue weighted by Gasteiger charge is -2.15. The summed E-state index contributed by atoms with van der Waals surface area (Å²) in [5, 5.41) is 13.2. The van der Waals surface area contributed by atoms with Crippen LogP contribution >= 0.6 is 0 Å².